The lowest BCUT2D eigenvalue weighted by Gasteiger charge is -2.26. The Morgan fingerprint density at radius 2 is 2.11 bits per heavy atom. The molecule has 1 unspecified atom stereocenters. The molecule has 1 aromatic carbocycles. The third kappa shape index (κ3) is 4.20. The third-order valence-corrected chi connectivity index (χ3v) is 3.45. The number of rotatable bonds is 5. The number of aliphatic hydroxyl groups excluding tert-OH is 1. The highest BCUT2D eigenvalue weighted by atomic mass is 16.5. The minimum atomic E-state index is -0.430. The largest absolute Gasteiger partial charge is 0.492 e. The smallest absolute Gasteiger partial charge is 0.122 e. The lowest BCUT2D eigenvalue weighted by molar-refractivity contribution is 0.0322. The Labute approximate surface area is 114 Å². The Balaban J connectivity index is 1.82. The van der Waals surface area contributed by atoms with E-state index in [1.54, 1.807) is 6.92 Å². The molecule has 0 saturated carbocycles. The maximum atomic E-state index is 9.53. The van der Waals surface area contributed by atoms with Crippen LogP contribution in [0, 0.1) is 6.92 Å². The van der Waals surface area contributed by atoms with Gasteiger partial charge in [0.15, 0.2) is 0 Å². The summed E-state index contributed by atoms with van der Waals surface area (Å²) >= 11 is 0. The summed E-state index contributed by atoms with van der Waals surface area (Å²) in [4.78, 5) is 2.35. The van der Waals surface area contributed by atoms with Gasteiger partial charge in [-0.2, -0.15) is 0 Å². The van der Waals surface area contributed by atoms with Gasteiger partial charge in [-0.25, -0.2) is 0 Å². The summed E-state index contributed by atoms with van der Waals surface area (Å²) in [6.07, 6.45) is -0.430. The van der Waals surface area contributed by atoms with Crippen molar-refractivity contribution in [1.82, 2.24) is 4.90 Å². The molecule has 1 aliphatic rings. The van der Waals surface area contributed by atoms with Crippen molar-refractivity contribution in [3.63, 3.8) is 0 Å². The number of hydrogen-bond acceptors (Lipinski definition) is 4. The number of ether oxygens (including phenoxy) is 2. The van der Waals surface area contributed by atoms with Crippen molar-refractivity contribution >= 4 is 0 Å². The molecule has 0 aliphatic carbocycles. The molecular weight excluding hydrogens is 242 g/mol. The van der Waals surface area contributed by atoms with E-state index in [4.69, 9.17) is 9.47 Å². The summed E-state index contributed by atoms with van der Waals surface area (Å²) in [6, 6.07) is 5.84. The highest BCUT2D eigenvalue weighted by Crippen LogP contribution is 2.22. The predicted octanol–water partition coefficient (Wildman–Crippen LogP) is 1.76. The van der Waals surface area contributed by atoms with E-state index >= 15 is 0 Å². The minimum absolute atomic E-state index is 0.430. The molecule has 1 heterocycles. The summed E-state index contributed by atoms with van der Waals surface area (Å²) < 4.78 is 11.1. The van der Waals surface area contributed by atoms with Crippen LogP contribution in [0.4, 0.5) is 0 Å². The van der Waals surface area contributed by atoms with Gasteiger partial charge in [0.1, 0.15) is 12.4 Å². The van der Waals surface area contributed by atoms with Crippen LogP contribution in [0.3, 0.4) is 0 Å². The van der Waals surface area contributed by atoms with E-state index in [1.165, 1.54) is 0 Å². The van der Waals surface area contributed by atoms with Gasteiger partial charge in [0.25, 0.3) is 0 Å². The first-order valence-corrected chi connectivity index (χ1v) is 6.88. The Kier molecular flexibility index (Phi) is 5.19. The van der Waals surface area contributed by atoms with E-state index < -0.39 is 6.10 Å². The van der Waals surface area contributed by atoms with Crippen LogP contribution in [0.15, 0.2) is 18.2 Å². The van der Waals surface area contributed by atoms with Gasteiger partial charge in [0, 0.05) is 19.6 Å². The Morgan fingerprint density at radius 1 is 1.37 bits per heavy atom. The highest BCUT2D eigenvalue weighted by Gasteiger charge is 2.10. The standard InChI is InChI=1S/C15H23NO3/c1-12-11-14(13(2)17)3-4-15(12)19-10-7-16-5-8-18-9-6-16/h3-4,11,13,17H,5-10H2,1-2H3. The van der Waals surface area contributed by atoms with Crippen LogP contribution < -0.4 is 4.74 Å². The van der Waals surface area contributed by atoms with Gasteiger partial charge in [-0.05, 0) is 37.1 Å². The monoisotopic (exact) mass is 265 g/mol. The molecule has 19 heavy (non-hydrogen) atoms. The zero-order valence-electron chi connectivity index (χ0n) is 11.8. The fourth-order valence-electron chi connectivity index (χ4n) is 2.20. The van der Waals surface area contributed by atoms with Crippen LogP contribution in [0.2, 0.25) is 0 Å². The average molecular weight is 265 g/mol. The van der Waals surface area contributed by atoms with Gasteiger partial charge in [0.2, 0.25) is 0 Å². The first-order valence-electron chi connectivity index (χ1n) is 6.88. The molecule has 1 saturated heterocycles. The normalized spacial score (nSPS) is 18.3. The van der Waals surface area contributed by atoms with E-state index in [0.29, 0.717) is 6.61 Å². The number of hydrogen-bond donors (Lipinski definition) is 1. The van der Waals surface area contributed by atoms with Crippen molar-refractivity contribution < 1.29 is 14.6 Å². The summed E-state index contributed by atoms with van der Waals surface area (Å²) in [6.45, 7) is 9.02. The minimum Gasteiger partial charge on any atom is -0.492 e. The van der Waals surface area contributed by atoms with Gasteiger partial charge in [0.05, 0.1) is 19.3 Å². The Hall–Kier alpha value is -1.10. The second kappa shape index (κ2) is 6.89. The Morgan fingerprint density at radius 3 is 2.74 bits per heavy atom. The molecule has 2 rings (SSSR count). The van der Waals surface area contributed by atoms with Crippen LogP contribution in [0.1, 0.15) is 24.2 Å². The molecular formula is C15H23NO3. The maximum absolute atomic E-state index is 9.53. The first-order chi connectivity index (χ1) is 9.16. The molecule has 0 aromatic heterocycles. The maximum Gasteiger partial charge on any atom is 0.122 e. The van der Waals surface area contributed by atoms with Crippen LogP contribution in [-0.2, 0) is 4.74 Å². The van der Waals surface area contributed by atoms with Crippen molar-refractivity contribution in [3.8, 4) is 5.75 Å². The van der Waals surface area contributed by atoms with Crippen LogP contribution in [-0.4, -0.2) is 49.5 Å². The average Bonchev–Trinajstić information content (AvgIpc) is 2.41. The molecule has 0 spiro atoms. The molecule has 4 nitrogen and oxygen atoms in total. The zero-order valence-corrected chi connectivity index (χ0v) is 11.8. The molecule has 1 N–H and O–H groups in total. The zero-order chi connectivity index (χ0) is 13.7. The first kappa shape index (κ1) is 14.3. The molecule has 1 aromatic rings. The molecule has 0 bridgehead atoms. The molecule has 1 atom stereocenters. The topological polar surface area (TPSA) is 41.9 Å². The van der Waals surface area contributed by atoms with E-state index in [2.05, 4.69) is 4.90 Å². The van der Waals surface area contributed by atoms with Crippen LogP contribution in [0.25, 0.3) is 0 Å². The van der Waals surface area contributed by atoms with Gasteiger partial charge in [-0.1, -0.05) is 6.07 Å². The number of aliphatic hydroxyl groups is 1. The fraction of sp³-hybridized carbons (Fsp3) is 0.600. The van der Waals surface area contributed by atoms with E-state index in [1.807, 2.05) is 25.1 Å². The van der Waals surface area contributed by atoms with Gasteiger partial charge in [-0.3, -0.25) is 4.90 Å². The van der Waals surface area contributed by atoms with Gasteiger partial charge < -0.3 is 14.6 Å². The second-order valence-corrected chi connectivity index (χ2v) is 5.00. The summed E-state index contributed by atoms with van der Waals surface area (Å²) in [5.74, 6) is 0.901. The van der Waals surface area contributed by atoms with E-state index in [9.17, 15) is 5.11 Å². The van der Waals surface area contributed by atoms with Gasteiger partial charge >= 0.3 is 0 Å². The molecule has 1 fully saturated rings. The van der Waals surface area contributed by atoms with Crippen molar-refractivity contribution in [3.05, 3.63) is 29.3 Å². The van der Waals surface area contributed by atoms with Gasteiger partial charge in [-0.15, -0.1) is 0 Å². The molecule has 1 aliphatic heterocycles. The predicted molar refractivity (Wildman–Crippen MR) is 74.6 cm³/mol. The number of aryl methyl sites for hydroxylation is 1. The third-order valence-electron chi connectivity index (χ3n) is 3.45. The SMILES string of the molecule is Cc1cc(C(C)O)ccc1OCCN1CCOCC1. The molecule has 0 amide bonds. The van der Waals surface area contributed by atoms with Crippen LogP contribution >= 0.6 is 0 Å². The van der Waals surface area contributed by atoms with E-state index in [-0.39, 0.29) is 0 Å². The van der Waals surface area contributed by atoms with Crippen molar-refractivity contribution in [2.24, 2.45) is 0 Å². The van der Waals surface area contributed by atoms with Crippen molar-refractivity contribution in [2.75, 3.05) is 39.5 Å². The van der Waals surface area contributed by atoms with Crippen molar-refractivity contribution in [1.29, 1.82) is 0 Å². The van der Waals surface area contributed by atoms with E-state index in [0.717, 1.165) is 49.7 Å². The number of morpholine rings is 1. The number of nitrogens with zero attached hydrogens (tertiary/aromatic N) is 1. The molecule has 4 heteroatoms. The molecule has 0 radical (unpaired) electrons. The summed E-state index contributed by atoms with van der Waals surface area (Å²) in [5, 5.41) is 9.53. The Bertz CT molecular complexity index is 400. The lowest BCUT2D eigenvalue weighted by Crippen LogP contribution is -2.38. The summed E-state index contributed by atoms with van der Waals surface area (Å²) in [7, 11) is 0. The van der Waals surface area contributed by atoms with Crippen LogP contribution in [0.5, 0.6) is 5.75 Å². The molecule has 106 valence electrons. The highest BCUT2D eigenvalue weighted by molar-refractivity contribution is 5.36. The second-order valence-electron chi connectivity index (χ2n) is 5.00. The fourth-order valence-corrected chi connectivity index (χ4v) is 2.20. The summed E-state index contributed by atoms with van der Waals surface area (Å²) in [5.41, 5.74) is 2.00. The quantitative estimate of drug-likeness (QED) is 0.881. The number of benzene rings is 1. The lowest BCUT2D eigenvalue weighted by atomic mass is 10.1. The van der Waals surface area contributed by atoms with Crippen molar-refractivity contribution in [2.45, 2.75) is 20.0 Å².